The minimum Gasteiger partial charge on any atom is -0.325 e. The number of nitrogens with one attached hydrogen (secondary N) is 1. The molecule has 8 heteroatoms. The molecule has 162 valence electrons. The van der Waals surface area contributed by atoms with E-state index in [9.17, 15) is 4.79 Å². The van der Waals surface area contributed by atoms with E-state index in [0.29, 0.717) is 21.0 Å². The smallest absolute Gasteiger partial charge is 0.234 e. The first-order valence-corrected chi connectivity index (χ1v) is 11.8. The van der Waals surface area contributed by atoms with E-state index in [4.69, 9.17) is 23.2 Å². The fourth-order valence-corrected chi connectivity index (χ4v) is 4.24. The van der Waals surface area contributed by atoms with Crippen LogP contribution in [0.5, 0.6) is 0 Å². The molecule has 0 aliphatic carbocycles. The summed E-state index contributed by atoms with van der Waals surface area (Å²) in [5, 5.41) is 13.6. The summed E-state index contributed by atoms with van der Waals surface area (Å²) in [5.74, 6) is 0.752. The summed E-state index contributed by atoms with van der Waals surface area (Å²) < 4.78 is 1.91. The highest BCUT2D eigenvalue weighted by molar-refractivity contribution is 7.99. The largest absolute Gasteiger partial charge is 0.325 e. The number of carbonyl (C=O) groups excluding carboxylic acids is 1. The van der Waals surface area contributed by atoms with Crippen LogP contribution in [0.1, 0.15) is 12.5 Å². The first kappa shape index (κ1) is 22.4. The highest BCUT2D eigenvalue weighted by atomic mass is 35.5. The maximum absolute atomic E-state index is 12.6. The van der Waals surface area contributed by atoms with Crippen molar-refractivity contribution in [2.75, 3.05) is 11.1 Å². The van der Waals surface area contributed by atoms with Gasteiger partial charge in [-0.3, -0.25) is 9.36 Å². The lowest BCUT2D eigenvalue weighted by atomic mass is 10.1. The number of benzene rings is 3. The van der Waals surface area contributed by atoms with Gasteiger partial charge in [-0.05, 0) is 66.6 Å². The van der Waals surface area contributed by atoms with Gasteiger partial charge < -0.3 is 5.32 Å². The summed E-state index contributed by atoms with van der Waals surface area (Å²) in [6.45, 7) is 2.06. The van der Waals surface area contributed by atoms with Gasteiger partial charge >= 0.3 is 0 Å². The van der Waals surface area contributed by atoms with E-state index in [1.54, 1.807) is 0 Å². The third-order valence-corrected chi connectivity index (χ3v) is 6.26. The average Bonchev–Trinajstić information content (AvgIpc) is 3.23. The van der Waals surface area contributed by atoms with Crippen molar-refractivity contribution in [2.45, 2.75) is 18.5 Å². The van der Waals surface area contributed by atoms with E-state index in [0.717, 1.165) is 28.9 Å². The number of rotatable bonds is 7. The molecule has 1 heterocycles. The number of carbonyl (C=O) groups is 1. The molecule has 0 fully saturated rings. The number of anilines is 1. The number of para-hydroxylation sites is 1. The fourth-order valence-electron chi connectivity index (χ4n) is 3.24. The number of hydrogen-bond acceptors (Lipinski definition) is 4. The molecular formula is C24H20Cl2N4OS. The SMILES string of the molecule is CCc1ccccc1NC(=O)CSc1nnc(-c2ccc(Cl)cc2)n1-c1ccc(Cl)cc1. The van der Waals surface area contributed by atoms with Crippen molar-refractivity contribution in [1.82, 2.24) is 14.8 Å². The maximum Gasteiger partial charge on any atom is 0.234 e. The van der Waals surface area contributed by atoms with Gasteiger partial charge in [0, 0.05) is 27.0 Å². The molecule has 0 saturated carbocycles. The quantitative estimate of drug-likeness (QED) is 0.304. The molecule has 1 amide bonds. The lowest BCUT2D eigenvalue weighted by Gasteiger charge is -2.12. The molecule has 4 aromatic rings. The van der Waals surface area contributed by atoms with Crippen LogP contribution in [0, 0.1) is 0 Å². The molecule has 1 aromatic heterocycles. The highest BCUT2D eigenvalue weighted by Gasteiger charge is 2.18. The monoisotopic (exact) mass is 482 g/mol. The van der Waals surface area contributed by atoms with Crippen molar-refractivity contribution >= 4 is 46.6 Å². The van der Waals surface area contributed by atoms with E-state index >= 15 is 0 Å². The van der Waals surface area contributed by atoms with Crippen LogP contribution in [0.4, 0.5) is 5.69 Å². The average molecular weight is 483 g/mol. The summed E-state index contributed by atoms with van der Waals surface area (Å²) in [5.41, 5.74) is 3.65. The van der Waals surface area contributed by atoms with E-state index in [2.05, 4.69) is 22.4 Å². The number of hydrogen-bond donors (Lipinski definition) is 1. The summed E-state index contributed by atoms with van der Waals surface area (Å²) in [6, 6.07) is 22.6. The van der Waals surface area contributed by atoms with Gasteiger partial charge in [-0.25, -0.2) is 0 Å². The normalized spacial score (nSPS) is 10.8. The third-order valence-electron chi connectivity index (χ3n) is 4.83. The Kier molecular flexibility index (Phi) is 7.15. The molecule has 0 saturated heterocycles. The maximum atomic E-state index is 12.6. The minimum atomic E-state index is -0.102. The molecule has 3 aromatic carbocycles. The Morgan fingerprint density at radius 1 is 0.938 bits per heavy atom. The first-order chi connectivity index (χ1) is 15.5. The molecule has 0 spiro atoms. The van der Waals surface area contributed by atoms with Crippen LogP contribution in [-0.2, 0) is 11.2 Å². The Morgan fingerprint density at radius 2 is 1.59 bits per heavy atom. The van der Waals surface area contributed by atoms with Crippen LogP contribution in [0.15, 0.2) is 78.0 Å². The van der Waals surface area contributed by atoms with Crippen LogP contribution >= 0.6 is 35.0 Å². The Morgan fingerprint density at radius 3 is 2.28 bits per heavy atom. The topological polar surface area (TPSA) is 59.8 Å². The predicted octanol–water partition coefficient (Wildman–Crippen LogP) is 6.53. The van der Waals surface area contributed by atoms with Gasteiger partial charge in [0.2, 0.25) is 5.91 Å². The van der Waals surface area contributed by atoms with Gasteiger partial charge in [-0.15, -0.1) is 10.2 Å². The second-order valence-corrected chi connectivity index (χ2v) is 8.79. The summed E-state index contributed by atoms with van der Waals surface area (Å²) in [4.78, 5) is 12.6. The van der Waals surface area contributed by atoms with Crippen LogP contribution in [0.2, 0.25) is 10.0 Å². The Labute approximate surface area is 200 Å². The third kappa shape index (κ3) is 5.15. The van der Waals surface area contributed by atoms with Crippen LogP contribution in [-0.4, -0.2) is 26.4 Å². The summed E-state index contributed by atoms with van der Waals surface area (Å²) in [7, 11) is 0. The highest BCUT2D eigenvalue weighted by Crippen LogP contribution is 2.29. The van der Waals surface area contributed by atoms with Crippen molar-refractivity contribution < 1.29 is 4.79 Å². The molecule has 0 radical (unpaired) electrons. The van der Waals surface area contributed by atoms with Crippen molar-refractivity contribution in [3.63, 3.8) is 0 Å². The van der Waals surface area contributed by atoms with Crippen molar-refractivity contribution in [3.8, 4) is 17.1 Å². The zero-order chi connectivity index (χ0) is 22.5. The van der Waals surface area contributed by atoms with Crippen LogP contribution < -0.4 is 5.32 Å². The second-order valence-electron chi connectivity index (χ2n) is 6.97. The second kappa shape index (κ2) is 10.2. The number of amides is 1. The predicted molar refractivity (Wildman–Crippen MR) is 132 cm³/mol. The molecule has 0 aliphatic heterocycles. The van der Waals surface area contributed by atoms with Gasteiger partial charge in [-0.1, -0.05) is 60.1 Å². The Bertz CT molecular complexity index is 1220. The van der Waals surface area contributed by atoms with Crippen LogP contribution in [0.3, 0.4) is 0 Å². The molecule has 0 aliphatic rings. The standard InChI is InChI=1S/C24H20Cl2N4OS/c1-2-16-5-3-4-6-21(16)27-22(31)15-32-24-29-28-23(17-7-9-18(25)10-8-17)30(24)20-13-11-19(26)12-14-20/h3-14H,2,15H2,1H3,(H,27,31). The lowest BCUT2D eigenvalue weighted by molar-refractivity contribution is -0.113. The molecule has 1 N–H and O–H groups in total. The van der Waals surface area contributed by atoms with Gasteiger partial charge in [0.15, 0.2) is 11.0 Å². The Hall–Kier alpha value is -2.80. The number of aromatic nitrogens is 3. The molecule has 4 rings (SSSR count). The minimum absolute atomic E-state index is 0.102. The number of nitrogens with zero attached hydrogens (tertiary/aromatic N) is 3. The number of aryl methyl sites for hydroxylation is 1. The first-order valence-electron chi connectivity index (χ1n) is 10.0. The fraction of sp³-hybridized carbons (Fsp3) is 0.125. The molecule has 0 atom stereocenters. The zero-order valence-corrected chi connectivity index (χ0v) is 19.6. The molecule has 0 unspecified atom stereocenters. The Balaban J connectivity index is 1.60. The van der Waals surface area contributed by atoms with Gasteiger partial charge in [0.1, 0.15) is 0 Å². The van der Waals surface area contributed by atoms with Gasteiger partial charge in [0.25, 0.3) is 0 Å². The number of thioether (sulfide) groups is 1. The van der Waals surface area contributed by atoms with Gasteiger partial charge in [-0.2, -0.15) is 0 Å². The van der Waals surface area contributed by atoms with E-state index < -0.39 is 0 Å². The zero-order valence-electron chi connectivity index (χ0n) is 17.3. The molecule has 0 bridgehead atoms. The van der Waals surface area contributed by atoms with Gasteiger partial charge in [0.05, 0.1) is 5.75 Å². The summed E-state index contributed by atoms with van der Waals surface area (Å²) >= 11 is 13.4. The molecule has 5 nitrogen and oxygen atoms in total. The van der Waals surface area contributed by atoms with E-state index in [1.165, 1.54) is 11.8 Å². The summed E-state index contributed by atoms with van der Waals surface area (Å²) in [6.07, 6.45) is 0.846. The number of halogens is 2. The van der Waals surface area contributed by atoms with Crippen LogP contribution in [0.25, 0.3) is 17.1 Å². The lowest BCUT2D eigenvalue weighted by Crippen LogP contribution is -2.15. The van der Waals surface area contributed by atoms with E-state index in [1.807, 2.05) is 77.4 Å². The molecular weight excluding hydrogens is 463 g/mol. The van der Waals surface area contributed by atoms with Crippen molar-refractivity contribution in [1.29, 1.82) is 0 Å². The van der Waals surface area contributed by atoms with Crippen molar-refractivity contribution in [3.05, 3.63) is 88.4 Å². The van der Waals surface area contributed by atoms with Crippen molar-refractivity contribution in [2.24, 2.45) is 0 Å². The van der Waals surface area contributed by atoms with E-state index in [-0.39, 0.29) is 11.7 Å². The molecule has 32 heavy (non-hydrogen) atoms.